The zero-order chi connectivity index (χ0) is 13.9. The molecule has 1 saturated carbocycles. The van der Waals surface area contributed by atoms with Gasteiger partial charge in [0.05, 0.1) is 12.0 Å². The van der Waals surface area contributed by atoms with Crippen LogP contribution in [0.1, 0.15) is 51.8 Å². The maximum atomic E-state index is 12.5. The summed E-state index contributed by atoms with van der Waals surface area (Å²) in [5, 5.41) is 0. The lowest BCUT2D eigenvalue weighted by molar-refractivity contribution is -0.125. The molecule has 2 N–H and O–H groups in total. The van der Waals surface area contributed by atoms with E-state index in [9.17, 15) is 4.79 Å². The van der Waals surface area contributed by atoms with Gasteiger partial charge >= 0.3 is 0 Å². The van der Waals surface area contributed by atoms with Gasteiger partial charge in [0.15, 0.2) is 5.78 Å². The molecule has 2 atom stereocenters. The highest BCUT2D eigenvalue weighted by Gasteiger charge is 2.37. The molecular weight excluding hydrogens is 238 g/mol. The van der Waals surface area contributed by atoms with Crippen LogP contribution in [0, 0.1) is 5.92 Å². The third-order valence-electron chi connectivity index (χ3n) is 4.17. The van der Waals surface area contributed by atoms with Gasteiger partial charge in [-0.3, -0.25) is 4.79 Å². The van der Waals surface area contributed by atoms with Crippen molar-refractivity contribution in [2.45, 2.75) is 64.5 Å². The standard InChI is InChI=1S/C15H25N3O/c1-3-8-18-9-7-17-14(18)10-13(19)15(16)6-4-5-12(2)11-15/h7,9,12H,3-6,8,10-11,16H2,1-2H3. The molecule has 106 valence electrons. The topological polar surface area (TPSA) is 60.9 Å². The Morgan fingerprint density at radius 2 is 2.42 bits per heavy atom. The summed E-state index contributed by atoms with van der Waals surface area (Å²) in [6, 6.07) is 0. The fourth-order valence-electron chi connectivity index (χ4n) is 3.12. The van der Waals surface area contributed by atoms with E-state index < -0.39 is 5.54 Å². The van der Waals surface area contributed by atoms with Gasteiger partial charge < -0.3 is 10.3 Å². The van der Waals surface area contributed by atoms with Crippen LogP contribution in [0.5, 0.6) is 0 Å². The van der Waals surface area contributed by atoms with E-state index >= 15 is 0 Å². The number of Topliss-reactive ketones (excluding diaryl/α,β-unsaturated/α-hetero) is 1. The molecule has 1 fully saturated rings. The Bertz CT molecular complexity index is 440. The zero-order valence-corrected chi connectivity index (χ0v) is 12.1. The van der Waals surface area contributed by atoms with Crippen LogP contribution in [-0.4, -0.2) is 20.9 Å². The van der Waals surface area contributed by atoms with Gasteiger partial charge in [-0.2, -0.15) is 0 Å². The molecule has 1 heterocycles. The van der Waals surface area contributed by atoms with Crippen LogP contribution in [0.3, 0.4) is 0 Å². The van der Waals surface area contributed by atoms with Gasteiger partial charge in [0.25, 0.3) is 0 Å². The predicted molar refractivity (Wildman–Crippen MR) is 75.8 cm³/mol. The van der Waals surface area contributed by atoms with E-state index in [0.29, 0.717) is 12.3 Å². The molecular formula is C15H25N3O. The monoisotopic (exact) mass is 263 g/mol. The highest BCUT2D eigenvalue weighted by atomic mass is 16.1. The van der Waals surface area contributed by atoms with Crippen molar-refractivity contribution in [1.29, 1.82) is 0 Å². The molecule has 0 radical (unpaired) electrons. The van der Waals surface area contributed by atoms with Gasteiger partial charge in [-0.15, -0.1) is 0 Å². The van der Waals surface area contributed by atoms with Crippen molar-refractivity contribution in [2.75, 3.05) is 0 Å². The van der Waals surface area contributed by atoms with Crippen LogP contribution in [0.4, 0.5) is 0 Å². The molecule has 1 aromatic rings. The molecule has 4 heteroatoms. The Labute approximate surface area is 115 Å². The van der Waals surface area contributed by atoms with Crippen molar-refractivity contribution < 1.29 is 4.79 Å². The molecule has 19 heavy (non-hydrogen) atoms. The lowest BCUT2D eigenvalue weighted by atomic mass is 9.74. The van der Waals surface area contributed by atoms with Crippen LogP contribution >= 0.6 is 0 Å². The van der Waals surface area contributed by atoms with E-state index in [4.69, 9.17) is 5.73 Å². The third-order valence-corrected chi connectivity index (χ3v) is 4.17. The third kappa shape index (κ3) is 3.24. The molecule has 0 saturated heterocycles. The maximum absolute atomic E-state index is 12.5. The molecule has 0 spiro atoms. The summed E-state index contributed by atoms with van der Waals surface area (Å²) in [4.78, 5) is 16.8. The summed E-state index contributed by atoms with van der Waals surface area (Å²) in [5.74, 6) is 1.57. The van der Waals surface area contributed by atoms with E-state index in [1.807, 2.05) is 6.20 Å². The van der Waals surface area contributed by atoms with E-state index in [0.717, 1.165) is 38.1 Å². The lowest BCUT2D eigenvalue weighted by Gasteiger charge is -2.35. The Hall–Kier alpha value is -1.16. The number of carbonyl (C=O) groups excluding carboxylic acids is 1. The number of ketones is 1. The lowest BCUT2D eigenvalue weighted by Crippen LogP contribution is -2.51. The minimum atomic E-state index is -0.624. The van der Waals surface area contributed by atoms with Crippen molar-refractivity contribution in [2.24, 2.45) is 11.7 Å². The largest absolute Gasteiger partial charge is 0.335 e. The fraction of sp³-hybridized carbons (Fsp3) is 0.733. The minimum absolute atomic E-state index is 0.155. The van der Waals surface area contributed by atoms with Crippen LogP contribution in [0.2, 0.25) is 0 Å². The molecule has 1 aliphatic rings. The molecule has 0 aliphatic heterocycles. The second-order valence-corrected chi connectivity index (χ2v) is 5.99. The van der Waals surface area contributed by atoms with Gasteiger partial charge in [0.2, 0.25) is 0 Å². The number of aromatic nitrogens is 2. The molecule has 0 bridgehead atoms. The number of nitrogens with two attached hydrogens (primary N) is 1. The van der Waals surface area contributed by atoms with Crippen LogP contribution in [-0.2, 0) is 17.8 Å². The first-order valence-electron chi connectivity index (χ1n) is 7.37. The fourth-order valence-corrected chi connectivity index (χ4v) is 3.12. The van der Waals surface area contributed by atoms with Gasteiger partial charge in [0.1, 0.15) is 5.82 Å². The number of hydrogen-bond donors (Lipinski definition) is 1. The summed E-state index contributed by atoms with van der Waals surface area (Å²) in [6.07, 6.45) is 9.02. The van der Waals surface area contributed by atoms with Crippen molar-refractivity contribution >= 4 is 5.78 Å². The second kappa shape index (κ2) is 5.87. The van der Waals surface area contributed by atoms with Crippen molar-refractivity contribution in [3.63, 3.8) is 0 Å². The first-order valence-corrected chi connectivity index (χ1v) is 7.37. The van der Waals surface area contributed by atoms with Crippen molar-refractivity contribution in [3.8, 4) is 0 Å². The first-order chi connectivity index (χ1) is 9.05. The predicted octanol–water partition coefficient (Wildman–Crippen LogP) is 2.31. The van der Waals surface area contributed by atoms with Gasteiger partial charge in [-0.05, 0) is 25.2 Å². The highest BCUT2D eigenvalue weighted by molar-refractivity contribution is 5.89. The number of imidazole rings is 1. The summed E-state index contributed by atoms with van der Waals surface area (Å²) < 4.78 is 2.06. The quantitative estimate of drug-likeness (QED) is 0.886. The van der Waals surface area contributed by atoms with Gasteiger partial charge in [-0.25, -0.2) is 4.98 Å². The van der Waals surface area contributed by atoms with Gasteiger partial charge in [-0.1, -0.05) is 26.7 Å². The van der Waals surface area contributed by atoms with E-state index in [2.05, 4.69) is 23.4 Å². The van der Waals surface area contributed by atoms with E-state index in [-0.39, 0.29) is 5.78 Å². The van der Waals surface area contributed by atoms with Crippen LogP contribution < -0.4 is 5.73 Å². The SMILES string of the molecule is CCCn1ccnc1CC(=O)C1(N)CCCC(C)C1. The van der Waals surface area contributed by atoms with Crippen molar-refractivity contribution in [3.05, 3.63) is 18.2 Å². The Morgan fingerprint density at radius 1 is 1.63 bits per heavy atom. The molecule has 4 nitrogen and oxygen atoms in total. The molecule has 2 rings (SSSR count). The van der Waals surface area contributed by atoms with Crippen LogP contribution in [0.25, 0.3) is 0 Å². The Kier molecular flexibility index (Phi) is 4.40. The maximum Gasteiger partial charge on any atom is 0.160 e. The van der Waals surface area contributed by atoms with Crippen LogP contribution in [0.15, 0.2) is 12.4 Å². The summed E-state index contributed by atoms with van der Waals surface area (Å²) in [7, 11) is 0. The Morgan fingerprint density at radius 3 is 3.11 bits per heavy atom. The average Bonchev–Trinajstić information content (AvgIpc) is 2.77. The summed E-state index contributed by atoms with van der Waals surface area (Å²) >= 11 is 0. The number of hydrogen-bond acceptors (Lipinski definition) is 3. The molecule has 2 unspecified atom stereocenters. The van der Waals surface area contributed by atoms with E-state index in [1.165, 1.54) is 6.42 Å². The second-order valence-electron chi connectivity index (χ2n) is 5.99. The first kappa shape index (κ1) is 14.3. The van der Waals surface area contributed by atoms with Crippen molar-refractivity contribution in [1.82, 2.24) is 9.55 Å². The zero-order valence-electron chi connectivity index (χ0n) is 12.1. The molecule has 0 aromatic carbocycles. The molecule has 1 aliphatic carbocycles. The number of rotatable bonds is 5. The average molecular weight is 263 g/mol. The van der Waals surface area contributed by atoms with E-state index in [1.54, 1.807) is 6.20 Å². The highest BCUT2D eigenvalue weighted by Crippen LogP contribution is 2.31. The summed E-state index contributed by atoms with van der Waals surface area (Å²) in [5.41, 5.74) is 5.72. The Balaban J connectivity index is 2.05. The smallest absolute Gasteiger partial charge is 0.160 e. The molecule has 1 aromatic heterocycles. The molecule has 0 amide bonds. The number of aryl methyl sites for hydroxylation is 1. The summed E-state index contributed by atoms with van der Waals surface area (Å²) in [6.45, 7) is 5.22. The number of carbonyl (C=O) groups is 1. The number of nitrogens with zero attached hydrogens (tertiary/aromatic N) is 2. The normalized spacial score (nSPS) is 27.4. The minimum Gasteiger partial charge on any atom is -0.335 e. The van der Waals surface area contributed by atoms with Gasteiger partial charge in [0, 0.05) is 18.9 Å².